The van der Waals surface area contributed by atoms with Crippen LogP contribution in [0.4, 0.5) is 9.59 Å². The number of rotatable bonds is 8. The first kappa shape index (κ1) is 32.7. The van der Waals surface area contributed by atoms with Crippen LogP contribution in [0.5, 0.6) is 5.75 Å². The third kappa shape index (κ3) is 6.82. The number of hydrogen-bond acceptors (Lipinski definition) is 10. The van der Waals surface area contributed by atoms with Gasteiger partial charge < -0.3 is 40.5 Å². The maximum absolute atomic E-state index is 13.4. The highest BCUT2D eigenvalue weighted by atomic mass is 16.5. The smallest absolute Gasteiger partial charge is 0.534 e. The number of urea groups is 2. The van der Waals surface area contributed by atoms with Crippen molar-refractivity contribution in [3.05, 3.63) is 29.3 Å². The molecule has 5 N–H and O–H groups in total. The van der Waals surface area contributed by atoms with Crippen LogP contribution in [0.2, 0.25) is 0 Å². The zero-order valence-electron chi connectivity index (χ0n) is 24.5. The van der Waals surface area contributed by atoms with Crippen LogP contribution in [0.3, 0.4) is 0 Å². The first-order valence-electron chi connectivity index (χ1n) is 14.2. The topological polar surface area (TPSA) is 235 Å². The molecular weight excluding hydrogens is 597 g/mol. The van der Waals surface area contributed by atoms with E-state index in [1.54, 1.807) is 19.9 Å². The molecule has 3 aliphatic rings. The molecule has 3 heterocycles. The molecule has 3 aliphatic heterocycles. The van der Waals surface area contributed by atoms with Crippen LogP contribution in [0.25, 0.3) is 0 Å². The number of carboxylic acids is 1. The molecule has 0 saturated carbocycles. The Morgan fingerprint density at radius 3 is 2.04 bits per heavy atom. The Kier molecular flexibility index (Phi) is 9.90. The van der Waals surface area contributed by atoms with Gasteiger partial charge in [-0.25, -0.2) is 14.4 Å². The molecule has 2 fully saturated rings. The van der Waals surface area contributed by atoms with Gasteiger partial charge in [0.15, 0.2) is 0 Å². The lowest BCUT2D eigenvalue weighted by Gasteiger charge is -2.34. The minimum absolute atomic E-state index is 0.0608. The predicted octanol–water partition coefficient (Wildman–Crippen LogP) is -3.01. The monoisotopic (exact) mass is 629 g/mol. The Hall–Kier alpha value is -5.20. The summed E-state index contributed by atoms with van der Waals surface area (Å²) in [6, 6.07) is 0.544. The maximum Gasteiger partial charge on any atom is 0.547 e. The molecule has 45 heavy (non-hydrogen) atoms. The summed E-state index contributed by atoms with van der Waals surface area (Å²) in [5.74, 6) is -7.45. The summed E-state index contributed by atoms with van der Waals surface area (Å²) >= 11 is 0. The van der Waals surface area contributed by atoms with Gasteiger partial charge in [0.25, 0.3) is 0 Å². The van der Waals surface area contributed by atoms with Crippen LogP contribution in [0, 0.1) is 0 Å². The van der Waals surface area contributed by atoms with E-state index in [2.05, 4.69) is 16.0 Å². The summed E-state index contributed by atoms with van der Waals surface area (Å²) in [6.45, 7) is 3.09. The fourth-order valence-corrected chi connectivity index (χ4v) is 5.06. The fraction of sp³-hybridized carbons (Fsp3) is 0.462. The zero-order valence-corrected chi connectivity index (χ0v) is 24.5. The van der Waals surface area contributed by atoms with E-state index in [1.165, 1.54) is 21.9 Å². The number of hydrogen-bond donors (Lipinski definition) is 5. The lowest BCUT2D eigenvalue weighted by atomic mass is 9.72. The highest BCUT2D eigenvalue weighted by Gasteiger charge is 2.41. The highest BCUT2D eigenvalue weighted by Crippen LogP contribution is 2.30. The normalized spacial score (nSPS) is 19.1. The van der Waals surface area contributed by atoms with Gasteiger partial charge in [0, 0.05) is 45.8 Å². The Labute approximate surface area is 256 Å². The Morgan fingerprint density at radius 2 is 1.49 bits per heavy atom. The molecular formula is C26H32BN7O11. The van der Waals surface area contributed by atoms with Gasteiger partial charge in [-0.3, -0.25) is 33.8 Å². The molecule has 1 aromatic carbocycles. The van der Waals surface area contributed by atoms with Crippen LogP contribution < -0.4 is 20.6 Å². The summed E-state index contributed by atoms with van der Waals surface area (Å²) in [7, 11) is -1.70. The predicted molar refractivity (Wildman–Crippen MR) is 151 cm³/mol. The Balaban J connectivity index is 1.50. The van der Waals surface area contributed by atoms with E-state index in [-0.39, 0.29) is 57.0 Å². The molecule has 9 amide bonds. The Morgan fingerprint density at radius 1 is 0.911 bits per heavy atom. The molecule has 2 saturated heterocycles. The quantitative estimate of drug-likeness (QED) is 0.144. The van der Waals surface area contributed by atoms with Crippen LogP contribution >= 0.6 is 0 Å². The van der Waals surface area contributed by atoms with E-state index in [0.717, 1.165) is 0 Å². The van der Waals surface area contributed by atoms with Crippen LogP contribution in [0.1, 0.15) is 29.8 Å². The van der Waals surface area contributed by atoms with Crippen molar-refractivity contribution in [2.24, 2.45) is 0 Å². The van der Waals surface area contributed by atoms with Gasteiger partial charge >= 0.3 is 48.8 Å². The van der Waals surface area contributed by atoms with E-state index in [0.29, 0.717) is 15.4 Å². The van der Waals surface area contributed by atoms with Crippen molar-refractivity contribution in [2.45, 2.75) is 32.3 Å². The third-order valence-electron chi connectivity index (χ3n) is 7.62. The molecule has 0 spiro atoms. The van der Waals surface area contributed by atoms with Crippen molar-refractivity contribution in [3.63, 3.8) is 0 Å². The molecule has 18 nitrogen and oxygen atoms in total. The zero-order chi connectivity index (χ0) is 33.0. The largest absolute Gasteiger partial charge is 0.547 e. The number of carbonyl (C=O) groups excluding carboxylic acids is 7. The molecule has 0 aliphatic carbocycles. The van der Waals surface area contributed by atoms with Gasteiger partial charge in [-0.1, -0.05) is 12.1 Å². The second kappa shape index (κ2) is 13.6. The standard InChI is InChI=1S/C26H32BN7O11/c1-3-31-8-10-33(22(38)20(31)36)25(42)28-13-16(29-26(43)34-11-9-32(4-2)21(37)23(34)39)19(35)30-17-12-14-6-5-7-15(24(40)41)18(14)45-27(17)44/h5-7,16-17,44H,3-4,8-13H2,1-2H3,(H,28,42)(H,29,43)(H,30,35)(H,40,41)/t16?,17-/m0/s1. The van der Waals surface area contributed by atoms with Crippen molar-refractivity contribution in [1.82, 2.24) is 35.6 Å². The molecule has 0 bridgehead atoms. The van der Waals surface area contributed by atoms with Crippen LogP contribution in [-0.2, 0) is 30.4 Å². The maximum atomic E-state index is 13.4. The van der Waals surface area contributed by atoms with Crippen molar-refractivity contribution in [1.29, 1.82) is 0 Å². The second-order valence-electron chi connectivity index (χ2n) is 10.3. The van der Waals surface area contributed by atoms with Gasteiger partial charge in [0.1, 0.15) is 11.8 Å². The lowest BCUT2D eigenvalue weighted by molar-refractivity contribution is -0.153. The molecule has 4 rings (SSSR count). The first-order valence-corrected chi connectivity index (χ1v) is 14.2. The SMILES string of the molecule is CCN1CCN(C(=O)NCC(NC(=O)N2CCN(CC)C(=O)C2=O)C(=O)N[C@H]2Cc3cccc(C(=O)O)c3OB2O)C(=O)C1=O. The summed E-state index contributed by atoms with van der Waals surface area (Å²) in [6.07, 6.45) is -0.0688. The minimum Gasteiger partial charge on any atom is -0.534 e. The molecule has 2 atom stereocenters. The van der Waals surface area contributed by atoms with E-state index < -0.39 is 73.2 Å². The van der Waals surface area contributed by atoms with Crippen molar-refractivity contribution in [2.75, 3.05) is 45.8 Å². The first-order chi connectivity index (χ1) is 21.4. The van der Waals surface area contributed by atoms with E-state index in [1.807, 2.05) is 0 Å². The van der Waals surface area contributed by atoms with Gasteiger partial charge in [-0.2, -0.15) is 0 Å². The van der Waals surface area contributed by atoms with Crippen LogP contribution in [0.15, 0.2) is 18.2 Å². The van der Waals surface area contributed by atoms with Crippen LogP contribution in [-0.4, -0.2) is 142 Å². The number of carbonyl (C=O) groups is 8. The summed E-state index contributed by atoms with van der Waals surface area (Å²) < 4.78 is 5.39. The number of carboxylic acid groups (broad SMARTS) is 1. The molecule has 1 aromatic rings. The van der Waals surface area contributed by atoms with Crippen molar-refractivity contribution >= 4 is 54.7 Å². The number of nitrogens with zero attached hydrogens (tertiary/aromatic N) is 4. The van der Waals surface area contributed by atoms with Crippen molar-refractivity contribution < 1.29 is 53.1 Å². The van der Waals surface area contributed by atoms with Gasteiger partial charge in [0.05, 0.1) is 11.5 Å². The highest BCUT2D eigenvalue weighted by molar-refractivity contribution is 6.47. The van der Waals surface area contributed by atoms with E-state index in [4.69, 9.17) is 4.65 Å². The number of amides is 9. The van der Waals surface area contributed by atoms with Crippen molar-refractivity contribution in [3.8, 4) is 5.75 Å². The van der Waals surface area contributed by atoms with E-state index >= 15 is 0 Å². The summed E-state index contributed by atoms with van der Waals surface area (Å²) in [5.41, 5.74) is 0.172. The number of aromatic carboxylic acids is 1. The lowest BCUT2D eigenvalue weighted by Crippen LogP contribution is -2.64. The summed E-state index contributed by atoms with van der Waals surface area (Å²) in [5, 5.41) is 27.1. The molecule has 0 radical (unpaired) electrons. The molecule has 240 valence electrons. The molecule has 0 aromatic heterocycles. The van der Waals surface area contributed by atoms with Gasteiger partial charge in [-0.15, -0.1) is 0 Å². The number of para-hydroxylation sites is 1. The Bertz CT molecular complexity index is 1440. The van der Waals surface area contributed by atoms with Gasteiger partial charge in [-0.05, 0) is 31.9 Å². The minimum atomic E-state index is -1.70. The number of piperazine rings is 2. The average Bonchev–Trinajstić information content (AvgIpc) is 3.01. The summed E-state index contributed by atoms with van der Waals surface area (Å²) in [4.78, 5) is 104. The number of fused-ring (bicyclic) bond motifs is 1. The second-order valence-corrected chi connectivity index (χ2v) is 10.3. The van der Waals surface area contributed by atoms with E-state index in [9.17, 15) is 48.5 Å². The number of likely N-dealkylation sites (N-methyl/N-ethyl adjacent to an activating group) is 2. The number of imide groups is 2. The fourth-order valence-electron chi connectivity index (χ4n) is 5.06. The third-order valence-corrected chi connectivity index (χ3v) is 7.62. The van der Waals surface area contributed by atoms with Gasteiger partial charge in [0.2, 0.25) is 5.91 Å². The molecule has 19 heteroatoms. The number of benzene rings is 1. The number of nitrogens with one attached hydrogen (secondary N) is 3. The molecule has 1 unspecified atom stereocenters. The average molecular weight is 629 g/mol.